The van der Waals surface area contributed by atoms with Crippen LogP contribution >= 0.6 is 0 Å². The van der Waals surface area contributed by atoms with Gasteiger partial charge in [0, 0.05) is 49.2 Å². The molecule has 10 heteroatoms. The standard InChI is InChI=1S/C30H39N9O/c1-6-21-9-7-10-22-11-8-12-25(27(21)22)39-16-13-23-24(17-39)31-29(40-20-30(14-15-30)19-36(2)3)32-28(23)37(4)18-26-33-34-35-38(26)5/h7-12H,6,13-20H2,1-5H3. The molecule has 2 aromatic carbocycles. The van der Waals surface area contributed by atoms with Crippen molar-refractivity contribution in [1.82, 2.24) is 35.1 Å². The molecule has 0 bridgehead atoms. The number of hydrogen-bond acceptors (Lipinski definition) is 9. The maximum absolute atomic E-state index is 6.36. The predicted octanol–water partition coefficient (Wildman–Crippen LogP) is 3.64. The minimum atomic E-state index is 0.199. The molecule has 1 aliphatic carbocycles. The Morgan fingerprint density at radius 1 is 1.05 bits per heavy atom. The van der Waals surface area contributed by atoms with Crippen molar-refractivity contribution in [1.29, 1.82) is 0 Å². The van der Waals surface area contributed by atoms with Crippen molar-refractivity contribution in [2.24, 2.45) is 12.5 Å². The lowest BCUT2D eigenvalue weighted by Gasteiger charge is -2.33. The molecule has 0 unspecified atom stereocenters. The van der Waals surface area contributed by atoms with Gasteiger partial charge in [0.15, 0.2) is 5.82 Å². The number of ether oxygens (including phenoxy) is 1. The van der Waals surface area contributed by atoms with Gasteiger partial charge in [0.2, 0.25) is 0 Å². The maximum atomic E-state index is 6.36. The van der Waals surface area contributed by atoms with Crippen molar-refractivity contribution >= 4 is 22.3 Å². The largest absolute Gasteiger partial charge is 0.463 e. The molecular formula is C30H39N9O. The monoisotopic (exact) mass is 541 g/mol. The number of anilines is 2. The minimum absolute atomic E-state index is 0.199. The Morgan fingerprint density at radius 3 is 2.55 bits per heavy atom. The number of tetrazole rings is 1. The molecule has 6 rings (SSSR count). The minimum Gasteiger partial charge on any atom is -0.463 e. The molecule has 2 aliphatic rings. The van der Waals surface area contributed by atoms with Gasteiger partial charge in [0.25, 0.3) is 0 Å². The highest BCUT2D eigenvalue weighted by Crippen LogP contribution is 2.46. The Hall–Kier alpha value is -3.79. The normalized spacial score (nSPS) is 15.9. The second-order valence-corrected chi connectivity index (χ2v) is 11.7. The number of fused-ring (bicyclic) bond motifs is 2. The van der Waals surface area contributed by atoms with Crippen LogP contribution in [0, 0.1) is 5.41 Å². The summed E-state index contributed by atoms with van der Waals surface area (Å²) >= 11 is 0. The molecule has 4 aromatic rings. The summed E-state index contributed by atoms with van der Waals surface area (Å²) in [5, 5.41) is 14.6. The van der Waals surface area contributed by atoms with Gasteiger partial charge >= 0.3 is 6.01 Å². The van der Waals surface area contributed by atoms with E-state index in [9.17, 15) is 0 Å². The van der Waals surface area contributed by atoms with Crippen LogP contribution in [0.2, 0.25) is 0 Å². The number of nitrogens with zero attached hydrogens (tertiary/aromatic N) is 9. The molecule has 10 nitrogen and oxygen atoms in total. The fourth-order valence-electron chi connectivity index (χ4n) is 6.01. The van der Waals surface area contributed by atoms with Crippen LogP contribution in [0.25, 0.3) is 10.8 Å². The van der Waals surface area contributed by atoms with Crippen LogP contribution in [-0.4, -0.2) is 75.9 Å². The second kappa shape index (κ2) is 10.6. The van der Waals surface area contributed by atoms with Gasteiger partial charge < -0.3 is 19.4 Å². The zero-order valence-electron chi connectivity index (χ0n) is 24.3. The van der Waals surface area contributed by atoms with E-state index in [-0.39, 0.29) is 5.41 Å². The van der Waals surface area contributed by atoms with Crippen molar-refractivity contribution in [3.8, 4) is 6.01 Å². The van der Waals surface area contributed by atoms with Crippen LogP contribution < -0.4 is 14.5 Å². The van der Waals surface area contributed by atoms with Crippen LogP contribution in [-0.2, 0) is 33.0 Å². The highest BCUT2D eigenvalue weighted by molar-refractivity contribution is 5.97. The third kappa shape index (κ3) is 5.20. The number of rotatable bonds is 10. The zero-order valence-corrected chi connectivity index (χ0v) is 24.3. The molecule has 40 heavy (non-hydrogen) atoms. The van der Waals surface area contributed by atoms with Crippen LogP contribution in [0.5, 0.6) is 6.01 Å². The molecule has 0 radical (unpaired) electrons. The molecule has 0 N–H and O–H groups in total. The molecule has 210 valence electrons. The lowest BCUT2D eigenvalue weighted by atomic mass is 9.98. The summed E-state index contributed by atoms with van der Waals surface area (Å²) in [7, 11) is 8.14. The van der Waals surface area contributed by atoms with Crippen molar-refractivity contribution in [2.45, 2.75) is 45.7 Å². The molecule has 2 aromatic heterocycles. The first-order valence-corrected chi connectivity index (χ1v) is 14.2. The number of hydrogen-bond donors (Lipinski definition) is 0. The van der Waals surface area contributed by atoms with E-state index >= 15 is 0 Å². The highest BCUT2D eigenvalue weighted by atomic mass is 16.5. The van der Waals surface area contributed by atoms with Gasteiger partial charge in [-0.3, -0.25) is 0 Å². The molecule has 0 atom stereocenters. The first-order chi connectivity index (χ1) is 19.4. The van der Waals surface area contributed by atoms with Crippen molar-refractivity contribution in [3.05, 3.63) is 59.0 Å². The van der Waals surface area contributed by atoms with E-state index in [0.717, 1.165) is 43.3 Å². The Balaban J connectivity index is 1.34. The summed E-state index contributed by atoms with van der Waals surface area (Å²) in [5.74, 6) is 1.67. The Kier molecular flexibility index (Phi) is 7.04. The van der Waals surface area contributed by atoms with E-state index in [1.54, 1.807) is 4.68 Å². The summed E-state index contributed by atoms with van der Waals surface area (Å²) in [6.07, 6.45) is 4.20. The Morgan fingerprint density at radius 2 is 1.85 bits per heavy atom. The van der Waals surface area contributed by atoms with Crippen LogP contribution in [0.3, 0.4) is 0 Å². The van der Waals surface area contributed by atoms with Gasteiger partial charge in [-0.2, -0.15) is 9.97 Å². The van der Waals surface area contributed by atoms with Crippen LogP contribution in [0.15, 0.2) is 36.4 Å². The highest BCUT2D eigenvalue weighted by Gasteiger charge is 2.44. The third-order valence-electron chi connectivity index (χ3n) is 8.28. The van der Waals surface area contributed by atoms with E-state index in [2.05, 4.69) is 87.6 Å². The first-order valence-electron chi connectivity index (χ1n) is 14.2. The van der Waals surface area contributed by atoms with Gasteiger partial charge in [-0.05, 0) is 67.2 Å². The maximum Gasteiger partial charge on any atom is 0.318 e. The number of aryl methyl sites for hydroxylation is 2. The van der Waals surface area contributed by atoms with Gasteiger partial charge in [0.1, 0.15) is 5.82 Å². The zero-order chi connectivity index (χ0) is 27.9. The molecule has 3 heterocycles. The molecule has 1 aliphatic heterocycles. The third-order valence-corrected chi connectivity index (χ3v) is 8.28. The molecule has 0 spiro atoms. The average molecular weight is 542 g/mol. The number of aromatic nitrogens is 6. The SMILES string of the molecule is CCc1cccc2cccc(N3CCc4c(nc(OCC5(CN(C)C)CC5)nc4N(C)Cc4nnnn4C)C3)c12. The van der Waals surface area contributed by atoms with Crippen LogP contribution in [0.4, 0.5) is 11.5 Å². The van der Waals surface area contributed by atoms with E-state index in [1.165, 1.54) is 40.4 Å². The molecule has 0 saturated heterocycles. The summed E-state index contributed by atoms with van der Waals surface area (Å²) in [5.41, 5.74) is 5.04. The van der Waals surface area contributed by atoms with Crippen molar-refractivity contribution < 1.29 is 4.74 Å². The van der Waals surface area contributed by atoms with Crippen molar-refractivity contribution in [3.63, 3.8) is 0 Å². The smallest absolute Gasteiger partial charge is 0.318 e. The number of benzene rings is 2. The fraction of sp³-hybridized carbons (Fsp3) is 0.500. The predicted molar refractivity (Wildman–Crippen MR) is 157 cm³/mol. The second-order valence-electron chi connectivity index (χ2n) is 11.7. The Labute approximate surface area is 236 Å². The van der Waals surface area contributed by atoms with E-state index in [4.69, 9.17) is 14.7 Å². The Bertz CT molecular complexity index is 1510. The van der Waals surface area contributed by atoms with E-state index < -0.39 is 0 Å². The summed E-state index contributed by atoms with van der Waals surface area (Å²) in [6, 6.07) is 13.7. The van der Waals surface area contributed by atoms with Crippen molar-refractivity contribution in [2.75, 3.05) is 50.6 Å². The summed E-state index contributed by atoms with van der Waals surface area (Å²) < 4.78 is 8.06. The lowest BCUT2D eigenvalue weighted by Crippen LogP contribution is -2.34. The van der Waals surface area contributed by atoms with Gasteiger partial charge in [-0.15, -0.1) is 5.10 Å². The van der Waals surface area contributed by atoms with Gasteiger partial charge in [-0.1, -0.05) is 37.3 Å². The average Bonchev–Trinajstić information content (AvgIpc) is 3.60. The molecular weight excluding hydrogens is 502 g/mol. The van der Waals surface area contributed by atoms with E-state index in [1.807, 2.05) is 14.1 Å². The van der Waals surface area contributed by atoms with E-state index in [0.29, 0.717) is 25.7 Å². The van der Waals surface area contributed by atoms with Crippen LogP contribution in [0.1, 0.15) is 42.4 Å². The van der Waals surface area contributed by atoms with Gasteiger partial charge in [-0.25, -0.2) is 4.68 Å². The fourth-order valence-corrected chi connectivity index (χ4v) is 6.01. The first kappa shape index (κ1) is 26.4. The topological polar surface area (TPSA) is 88.3 Å². The quantitative estimate of drug-likeness (QED) is 0.299. The molecule has 1 fully saturated rings. The summed E-state index contributed by atoms with van der Waals surface area (Å²) in [6.45, 7) is 6.02. The van der Waals surface area contributed by atoms with Gasteiger partial charge in [0.05, 0.1) is 25.4 Å². The molecule has 0 amide bonds. The molecule has 1 saturated carbocycles. The lowest BCUT2D eigenvalue weighted by molar-refractivity contribution is 0.182. The summed E-state index contributed by atoms with van der Waals surface area (Å²) in [4.78, 5) is 16.8.